The molecule has 2 heterocycles. The van der Waals surface area contributed by atoms with Crippen LogP contribution in [-0.4, -0.2) is 44.3 Å². The monoisotopic (exact) mass is 532 g/mol. The summed E-state index contributed by atoms with van der Waals surface area (Å²) in [7, 11) is 0. The van der Waals surface area contributed by atoms with Crippen LogP contribution in [0.25, 0.3) is 22.5 Å². The summed E-state index contributed by atoms with van der Waals surface area (Å²) in [6.45, 7) is 5.13. The number of amides is 1. The molecule has 1 amide bonds. The molecule has 0 saturated carbocycles. The molecule has 0 radical (unpaired) electrons. The molecule has 3 N–H and O–H groups in total. The van der Waals surface area contributed by atoms with Crippen molar-refractivity contribution in [2.45, 2.75) is 44.9 Å². The van der Waals surface area contributed by atoms with Crippen molar-refractivity contribution >= 4 is 23.5 Å². The van der Waals surface area contributed by atoms with Gasteiger partial charge in [-0.15, -0.1) is 0 Å². The third-order valence-corrected chi connectivity index (χ3v) is 6.29. The number of esters is 1. The fourth-order valence-electron chi connectivity index (χ4n) is 4.13. The van der Waals surface area contributed by atoms with Crippen molar-refractivity contribution < 1.29 is 19.4 Å². The van der Waals surface area contributed by atoms with Gasteiger partial charge in [0.15, 0.2) is 5.60 Å². The summed E-state index contributed by atoms with van der Waals surface area (Å²) >= 11 is 6.33. The van der Waals surface area contributed by atoms with Crippen LogP contribution in [0.15, 0.2) is 79.0 Å². The SMILES string of the molecule is CC(CC(O)(C(=O)OC(C)C)c1ccc(-c2ccccc2Cl)cc1)NC(=O)c1cc(-c2ccccn2)n[nH]1. The van der Waals surface area contributed by atoms with E-state index in [2.05, 4.69) is 20.5 Å². The molecule has 2 atom stereocenters. The van der Waals surface area contributed by atoms with Crippen molar-refractivity contribution in [2.75, 3.05) is 0 Å². The molecular weight excluding hydrogens is 504 g/mol. The summed E-state index contributed by atoms with van der Waals surface area (Å²) in [6, 6.07) is 20.7. The number of hydrogen-bond donors (Lipinski definition) is 3. The quantitative estimate of drug-likeness (QED) is 0.257. The molecule has 0 fully saturated rings. The molecule has 2 unspecified atom stereocenters. The number of aromatic nitrogens is 3. The largest absolute Gasteiger partial charge is 0.461 e. The second-order valence-electron chi connectivity index (χ2n) is 9.33. The lowest BCUT2D eigenvalue weighted by atomic mass is 9.86. The van der Waals surface area contributed by atoms with Crippen molar-refractivity contribution in [1.29, 1.82) is 0 Å². The zero-order valence-corrected chi connectivity index (χ0v) is 22.1. The molecule has 0 aliphatic heterocycles. The number of benzene rings is 2. The van der Waals surface area contributed by atoms with Gasteiger partial charge in [0.1, 0.15) is 11.4 Å². The van der Waals surface area contributed by atoms with Gasteiger partial charge in [-0.3, -0.25) is 14.9 Å². The second-order valence-corrected chi connectivity index (χ2v) is 9.74. The van der Waals surface area contributed by atoms with Gasteiger partial charge in [0.2, 0.25) is 0 Å². The van der Waals surface area contributed by atoms with Gasteiger partial charge in [-0.05, 0) is 56.2 Å². The topological polar surface area (TPSA) is 117 Å². The van der Waals surface area contributed by atoms with E-state index in [1.54, 1.807) is 75.5 Å². The molecule has 0 bridgehead atoms. The third-order valence-electron chi connectivity index (χ3n) is 5.96. The average molecular weight is 533 g/mol. The Labute approximate surface area is 226 Å². The molecule has 196 valence electrons. The smallest absolute Gasteiger partial charge is 0.343 e. The number of rotatable bonds is 9. The van der Waals surface area contributed by atoms with Crippen LogP contribution in [0, 0.1) is 0 Å². The van der Waals surface area contributed by atoms with Crippen LogP contribution in [0.4, 0.5) is 0 Å². The Kier molecular flexibility index (Phi) is 8.24. The van der Waals surface area contributed by atoms with Gasteiger partial charge in [0.05, 0.1) is 11.8 Å². The van der Waals surface area contributed by atoms with E-state index in [4.69, 9.17) is 16.3 Å². The molecule has 0 aliphatic rings. The highest BCUT2D eigenvalue weighted by Gasteiger charge is 2.42. The number of pyridine rings is 1. The summed E-state index contributed by atoms with van der Waals surface area (Å²) in [5.41, 5.74) is 1.40. The van der Waals surface area contributed by atoms with E-state index in [9.17, 15) is 14.7 Å². The molecular formula is C29H29ClN4O4. The Balaban J connectivity index is 1.53. The third kappa shape index (κ3) is 6.10. The Morgan fingerprint density at radius 1 is 1.03 bits per heavy atom. The van der Waals surface area contributed by atoms with E-state index in [0.29, 0.717) is 22.0 Å². The Morgan fingerprint density at radius 3 is 2.39 bits per heavy atom. The molecule has 2 aromatic heterocycles. The maximum atomic E-state index is 13.1. The number of ether oxygens (including phenoxy) is 1. The molecule has 38 heavy (non-hydrogen) atoms. The number of carbonyl (C=O) groups is 2. The number of aliphatic hydroxyl groups is 1. The lowest BCUT2D eigenvalue weighted by Crippen LogP contribution is -2.45. The lowest BCUT2D eigenvalue weighted by molar-refractivity contribution is -0.172. The molecule has 0 spiro atoms. The van der Waals surface area contributed by atoms with Gasteiger partial charge in [0.25, 0.3) is 5.91 Å². The van der Waals surface area contributed by atoms with Gasteiger partial charge in [0, 0.05) is 29.2 Å². The molecule has 9 heteroatoms. The summed E-state index contributed by atoms with van der Waals surface area (Å²) in [6.07, 6.45) is 1.09. The van der Waals surface area contributed by atoms with Crippen LogP contribution < -0.4 is 5.32 Å². The second kappa shape index (κ2) is 11.6. The zero-order chi connectivity index (χ0) is 27.3. The number of halogens is 1. The molecule has 8 nitrogen and oxygen atoms in total. The number of hydrogen-bond acceptors (Lipinski definition) is 6. The first-order valence-electron chi connectivity index (χ1n) is 12.2. The molecule has 4 rings (SSSR count). The predicted molar refractivity (Wildman–Crippen MR) is 145 cm³/mol. The Hall–Kier alpha value is -4.01. The van der Waals surface area contributed by atoms with Crippen LogP contribution in [-0.2, 0) is 15.1 Å². The maximum absolute atomic E-state index is 13.1. The minimum Gasteiger partial charge on any atom is -0.461 e. The average Bonchev–Trinajstić information content (AvgIpc) is 3.40. The van der Waals surface area contributed by atoms with Crippen LogP contribution >= 0.6 is 11.6 Å². The summed E-state index contributed by atoms with van der Waals surface area (Å²) < 4.78 is 5.40. The van der Waals surface area contributed by atoms with Crippen LogP contribution in [0.3, 0.4) is 0 Å². The van der Waals surface area contributed by atoms with E-state index >= 15 is 0 Å². The predicted octanol–water partition coefficient (Wildman–Crippen LogP) is 5.14. The van der Waals surface area contributed by atoms with Gasteiger partial charge in [-0.2, -0.15) is 5.10 Å². The number of carbonyl (C=O) groups excluding carboxylic acids is 2. The fourth-order valence-corrected chi connectivity index (χ4v) is 4.38. The zero-order valence-electron chi connectivity index (χ0n) is 21.3. The fraction of sp³-hybridized carbons (Fsp3) is 0.241. The Morgan fingerprint density at radius 2 is 1.74 bits per heavy atom. The Bertz CT molecular complexity index is 1410. The maximum Gasteiger partial charge on any atom is 0.343 e. The van der Waals surface area contributed by atoms with Crippen molar-refractivity contribution in [3.63, 3.8) is 0 Å². The first-order valence-corrected chi connectivity index (χ1v) is 12.6. The van der Waals surface area contributed by atoms with E-state index in [-0.39, 0.29) is 12.1 Å². The number of H-pyrrole nitrogens is 1. The van der Waals surface area contributed by atoms with Gasteiger partial charge in [-0.1, -0.05) is 60.1 Å². The summed E-state index contributed by atoms with van der Waals surface area (Å²) in [4.78, 5) is 30.2. The highest BCUT2D eigenvalue weighted by atomic mass is 35.5. The van der Waals surface area contributed by atoms with Gasteiger partial charge in [-0.25, -0.2) is 4.79 Å². The first kappa shape index (κ1) is 27.0. The van der Waals surface area contributed by atoms with Crippen molar-refractivity contribution in [3.8, 4) is 22.5 Å². The lowest BCUT2D eigenvalue weighted by Gasteiger charge is -2.30. The van der Waals surface area contributed by atoms with E-state index < -0.39 is 29.6 Å². The summed E-state index contributed by atoms with van der Waals surface area (Å²) in [5.74, 6) is -1.22. The van der Waals surface area contributed by atoms with Gasteiger partial charge >= 0.3 is 5.97 Å². The molecule has 0 saturated heterocycles. The van der Waals surface area contributed by atoms with Crippen LogP contribution in [0.2, 0.25) is 5.02 Å². The standard InChI is InChI=1S/C29H29ClN4O4/c1-18(2)38-28(36)29(37,21-13-11-20(12-14-21)22-8-4-5-9-23(22)30)17-19(3)32-27(35)26-16-25(33-34-26)24-10-6-7-15-31-24/h4-16,18-19,37H,17H2,1-3H3,(H,32,35)(H,33,34). The van der Waals surface area contributed by atoms with Crippen LogP contribution in [0.1, 0.15) is 43.2 Å². The summed E-state index contributed by atoms with van der Waals surface area (Å²) in [5, 5.41) is 21.9. The minimum absolute atomic E-state index is 0.114. The number of aromatic amines is 1. The highest BCUT2D eigenvalue weighted by Crippen LogP contribution is 2.33. The van der Waals surface area contributed by atoms with Crippen LogP contribution in [0.5, 0.6) is 0 Å². The number of nitrogens with zero attached hydrogens (tertiary/aromatic N) is 2. The van der Waals surface area contributed by atoms with Crippen molar-refractivity contribution in [3.05, 3.63) is 95.3 Å². The molecule has 0 aliphatic carbocycles. The molecule has 2 aromatic carbocycles. The van der Waals surface area contributed by atoms with E-state index in [0.717, 1.165) is 11.1 Å². The van der Waals surface area contributed by atoms with Crippen molar-refractivity contribution in [1.82, 2.24) is 20.5 Å². The highest BCUT2D eigenvalue weighted by molar-refractivity contribution is 6.33. The van der Waals surface area contributed by atoms with E-state index in [1.807, 2.05) is 24.3 Å². The van der Waals surface area contributed by atoms with Gasteiger partial charge < -0.3 is 15.2 Å². The van der Waals surface area contributed by atoms with Crippen molar-refractivity contribution in [2.24, 2.45) is 0 Å². The minimum atomic E-state index is -2.00. The normalized spacial score (nSPS) is 13.5. The van der Waals surface area contributed by atoms with E-state index in [1.165, 1.54) is 0 Å². The number of nitrogens with one attached hydrogen (secondary N) is 2. The first-order chi connectivity index (χ1) is 18.2. The molecule has 4 aromatic rings.